The van der Waals surface area contributed by atoms with E-state index in [-0.39, 0.29) is 6.42 Å². The van der Waals surface area contributed by atoms with E-state index in [1.807, 2.05) is 24.3 Å². The molecule has 0 bridgehead atoms. The zero-order valence-corrected chi connectivity index (χ0v) is 12.7. The second-order valence-electron chi connectivity index (χ2n) is 5.50. The summed E-state index contributed by atoms with van der Waals surface area (Å²) in [5, 5.41) is 11.3. The molecule has 0 aliphatic rings. The van der Waals surface area contributed by atoms with Gasteiger partial charge in [-0.25, -0.2) is 0 Å². The highest BCUT2D eigenvalue weighted by Crippen LogP contribution is 2.17. The van der Waals surface area contributed by atoms with E-state index >= 15 is 0 Å². The lowest BCUT2D eigenvalue weighted by molar-refractivity contribution is -0.136. The lowest BCUT2D eigenvalue weighted by Crippen LogP contribution is -2.03. The van der Waals surface area contributed by atoms with Gasteiger partial charge in [0.2, 0.25) is 0 Å². The van der Waals surface area contributed by atoms with Crippen molar-refractivity contribution in [3.05, 3.63) is 77.9 Å². The monoisotopic (exact) mass is 306 g/mol. The normalized spacial score (nSPS) is 10.6. The largest absolute Gasteiger partial charge is 0.493 e. The summed E-state index contributed by atoms with van der Waals surface area (Å²) in [6.07, 6.45) is 0.829. The van der Waals surface area contributed by atoms with E-state index in [9.17, 15) is 4.79 Å². The summed E-state index contributed by atoms with van der Waals surface area (Å²) in [6.45, 7) is 0.564. The number of rotatable bonds is 6. The fraction of sp³-hybridized carbons (Fsp3) is 0.150. The number of ether oxygens (including phenoxy) is 1. The molecule has 116 valence electrons. The Morgan fingerprint density at radius 2 is 1.70 bits per heavy atom. The highest BCUT2D eigenvalue weighted by Gasteiger charge is 2.02. The molecule has 0 aliphatic heterocycles. The van der Waals surface area contributed by atoms with Gasteiger partial charge in [0.15, 0.2) is 0 Å². The van der Waals surface area contributed by atoms with E-state index in [1.165, 1.54) is 16.3 Å². The lowest BCUT2D eigenvalue weighted by atomic mass is 10.1. The second kappa shape index (κ2) is 6.97. The summed E-state index contributed by atoms with van der Waals surface area (Å²) in [6, 6.07) is 22.0. The van der Waals surface area contributed by atoms with Gasteiger partial charge in [0.1, 0.15) is 5.75 Å². The Balaban J connectivity index is 1.61. The summed E-state index contributed by atoms with van der Waals surface area (Å²) in [5.41, 5.74) is 1.98. The van der Waals surface area contributed by atoms with Gasteiger partial charge in [0.25, 0.3) is 0 Å². The molecule has 0 radical (unpaired) electrons. The quantitative estimate of drug-likeness (QED) is 0.746. The number of carboxylic acids is 1. The van der Waals surface area contributed by atoms with Gasteiger partial charge in [0, 0.05) is 6.42 Å². The van der Waals surface area contributed by atoms with Gasteiger partial charge in [0.05, 0.1) is 13.0 Å². The first-order chi connectivity index (χ1) is 11.2. The van der Waals surface area contributed by atoms with Crippen LogP contribution in [0.25, 0.3) is 10.8 Å². The summed E-state index contributed by atoms with van der Waals surface area (Å²) in [4.78, 5) is 10.7. The maximum atomic E-state index is 10.7. The molecule has 0 spiro atoms. The highest BCUT2D eigenvalue weighted by molar-refractivity contribution is 5.82. The molecule has 3 heteroatoms. The minimum Gasteiger partial charge on any atom is -0.493 e. The fourth-order valence-corrected chi connectivity index (χ4v) is 2.60. The molecule has 0 unspecified atom stereocenters. The molecule has 0 atom stereocenters. The fourth-order valence-electron chi connectivity index (χ4n) is 2.60. The molecule has 0 saturated carbocycles. The van der Waals surface area contributed by atoms with Crippen LogP contribution in [0.15, 0.2) is 66.7 Å². The van der Waals surface area contributed by atoms with Crippen LogP contribution in [0, 0.1) is 0 Å². The molecular weight excluding hydrogens is 288 g/mol. The molecule has 3 nitrogen and oxygen atoms in total. The number of aliphatic carboxylic acids is 1. The SMILES string of the molecule is O=C(O)Cc1cccc(OCCc2ccc3ccccc3c2)c1. The van der Waals surface area contributed by atoms with Crippen LogP contribution in [0.1, 0.15) is 11.1 Å². The van der Waals surface area contributed by atoms with Crippen molar-refractivity contribution in [2.24, 2.45) is 0 Å². The third-order valence-electron chi connectivity index (χ3n) is 3.73. The third kappa shape index (κ3) is 4.10. The number of benzene rings is 3. The van der Waals surface area contributed by atoms with E-state index in [0.717, 1.165) is 12.0 Å². The van der Waals surface area contributed by atoms with E-state index in [4.69, 9.17) is 9.84 Å². The van der Waals surface area contributed by atoms with Gasteiger partial charge >= 0.3 is 5.97 Å². The number of carbonyl (C=O) groups is 1. The van der Waals surface area contributed by atoms with E-state index in [0.29, 0.717) is 12.4 Å². The highest BCUT2D eigenvalue weighted by atomic mass is 16.5. The molecule has 3 rings (SSSR count). The first kappa shape index (κ1) is 15.1. The molecule has 1 N–H and O–H groups in total. The van der Waals surface area contributed by atoms with Crippen molar-refractivity contribution in [3.63, 3.8) is 0 Å². The Kier molecular flexibility index (Phi) is 4.57. The second-order valence-corrected chi connectivity index (χ2v) is 5.50. The third-order valence-corrected chi connectivity index (χ3v) is 3.73. The van der Waals surface area contributed by atoms with Crippen LogP contribution in [0.5, 0.6) is 5.75 Å². The number of fused-ring (bicyclic) bond motifs is 1. The predicted molar refractivity (Wildman–Crippen MR) is 90.9 cm³/mol. The molecule has 0 saturated heterocycles. The van der Waals surface area contributed by atoms with Gasteiger partial charge < -0.3 is 9.84 Å². The average Bonchev–Trinajstić information content (AvgIpc) is 2.54. The molecule has 0 amide bonds. The van der Waals surface area contributed by atoms with Crippen molar-refractivity contribution < 1.29 is 14.6 Å². The molecule has 0 heterocycles. The Morgan fingerprint density at radius 3 is 2.52 bits per heavy atom. The topological polar surface area (TPSA) is 46.5 Å². The molecule has 0 aliphatic carbocycles. The average molecular weight is 306 g/mol. The van der Waals surface area contributed by atoms with Gasteiger partial charge in [-0.05, 0) is 34.0 Å². The van der Waals surface area contributed by atoms with Gasteiger partial charge in [-0.15, -0.1) is 0 Å². The van der Waals surface area contributed by atoms with Crippen LogP contribution in [-0.2, 0) is 17.6 Å². The predicted octanol–water partition coefficient (Wildman–Crippen LogP) is 4.09. The summed E-state index contributed by atoms with van der Waals surface area (Å²) in [7, 11) is 0. The molecule has 0 aromatic heterocycles. The van der Waals surface area contributed by atoms with Crippen LogP contribution in [-0.4, -0.2) is 17.7 Å². The molecule has 0 fully saturated rings. The lowest BCUT2D eigenvalue weighted by Gasteiger charge is -2.08. The van der Waals surface area contributed by atoms with Crippen molar-refractivity contribution >= 4 is 16.7 Å². The van der Waals surface area contributed by atoms with Crippen LogP contribution in [0.4, 0.5) is 0 Å². The Labute approximate surface area is 135 Å². The van der Waals surface area contributed by atoms with Crippen LogP contribution < -0.4 is 4.74 Å². The first-order valence-electron chi connectivity index (χ1n) is 7.62. The summed E-state index contributed by atoms with van der Waals surface area (Å²) < 4.78 is 5.75. The van der Waals surface area contributed by atoms with Crippen molar-refractivity contribution in [2.45, 2.75) is 12.8 Å². The zero-order chi connectivity index (χ0) is 16.1. The van der Waals surface area contributed by atoms with Crippen molar-refractivity contribution in [3.8, 4) is 5.75 Å². The maximum absolute atomic E-state index is 10.7. The standard InChI is InChI=1S/C20H18O3/c21-20(22)14-16-4-3-7-19(13-16)23-11-10-15-8-9-17-5-1-2-6-18(17)12-15/h1-9,12-13H,10-11,14H2,(H,21,22). The Hall–Kier alpha value is -2.81. The van der Waals surface area contributed by atoms with Gasteiger partial charge in [-0.3, -0.25) is 4.79 Å². The number of hydrogen-bond acceptors (Lipinski definition) is 2. The molecule has 3 aromatic rings. The summed E-state index contributed by atoms with van der Waals surface area (Å²) >= 11 is 0. The summed E-state index contributed by atoms with van der Waals surface area (Å²) in [5.74, 6) is -0.122. The maximum Gasteiger partial charge on any atom is 0.307 e. The van der Waals surface area contributed by atoms with Crippen LogP contribution in [0.2, 0.25) is 0 Å². The van der Waals surface area contributed by atoms with Crippen molar-refractivity contribution in [1.29, 1.82) is 0 Å². The van der Waals surface area contributed by atoms with Crippen molar-refractivity contribution in [1.82, 2.24) is 0 Å². The van der Waals surface area contributed by atoms with Crippen LogP contribution >= 0.6 is 0 Å². The van der Waals surface area contributed by atoms with E-state index in [2.05, 4.69) is 30.3 Å². The Morgan fingerprint density at radius 1 is 0.870 bits per heavy atom. The van der Waals surface area contributed by atoms with Gasteiger partial charge in [-0.2, -0.15) is 0 Å². The smallest absolute Gasteiger partial charge is 0.307 e. The zero-order valence-electron chi connectivity index (χ0n) is 12.7. The molecule has 23 heavy (non-hydrogen) atoms. The van der Waals surface area contributed by atoms with Crippen LogP contribution in [0.3, 0.4) is 0 Å². The Bertz CT molecular complexity index is 824. The molecular formula is C20H18O3. The van der Waals surface area contributed by atoms with Gasteiger partial charge in [-0.1, -0.05) is 54.6 Å². The number of hydrogen-bond donors (Lipinski definition) is 1. The minimum atomic E-state index is -0.835. The van der Waals surface area contributed by atoms with Crippen molar-refractivity contribution in [2.75, 3.05) is 6.61 Å². The molecule has 3 aromatic carbocycles. The van der Waals surface area contributed by atoms with E-state index < -0.39 is 5.97 Å². The number of carboxylic acid groups (broad SMARTS) is 1. The van der Waals surface area contributed by atoms with E-state index in [1.54, 1.807) is 12.1 Å². The first-order valence-corrected chi connectivity index (χ1v) is 7.62. The minimum absolute atomic E-state index is 0.0157.